The summed E-state index contributed by atoms with van der Waals surface area (Å²) in [4.78, 5) is 8.13. The second kappa shape index (κ2) is 6.76. The lowest BCUT2D eigenvalue weighted by Gasteiger charge is -2.09. The third kappa shape index (κ3) is 4.63. The van der Waals surface area contributed by atoms with Gasteiger partial charge in [0.15, 0.2) is 0 Å². The van der Waals surface area contributed by atoms with Crippen LogP contribution in [0.1, 0.15) is 6.42 Å². The number of halogens is 3. The van der Waals surface area contributed by atoms with Crippen molar-refractivity contribution in [2.75, 3.05) is 11.9 Å². The first-order valence-electron chi connectivity index (χ1n) is 6.27. The van der Waals surface area contributed by atoms with Gasteiger partial charge in [0.2, 0.25) is 5.95 Å². The Balaban J connectivity index is 2.04. The summed E-state index contributed by atoms with van der Waals surface area (Å²) in [5.74, 6) is 0.1000. The van der Waals surface area contributed by atoms with E-state index in [1.807, 2.05) is 6.07 Å². The molecule has 1 heterocycles. The molecule has 0 bridgehead atoms. The monoisotopic (exact) mass is 308 g/mol. The van der Waals surface area contributed by atoms with Gasteiger partial charge in [-0.25, -0.2) is 9.97 Å². The molecule has 0 aliphatic rings. The molecule has 22 heavy (non-hydrogen) atoms. The summed E-state index contributed by atoms with van der Waals surface area (Å²) in [5.41, 5.74) is 1.32. The zero-order chi connectivity index (χ0) is 16.0. The smallest absolute Gasteiger partial charge is 0.406 e. The van der Waals surface area contributed by atoms with Crippen LogP contribution in [0.3, 0.4) is 0 Å². The Morgan fingerprint density at radius 2 is 1.73 bits per heavy atom. The maximum Gasteiger partial charge on any atom is 0.573 e. The molecule has 0 fully saturated rings. The lowest BCUT2D eigenvalue weighted by atomic mass is 10.1. The van der Waals surface area contributed by atoms with Crippen molar-refractivity contribution in [3.05, 3.63) is 36.7 Å². The lowest BCUT2D eigenvalue weighted by molar-refractivity contribution is -0.274. The Morgan fingerprint density at radius 1 is 1.09 bits per heavy atom. The third-order valence-corrected chi connectivity index (χ3v) is 2.59. The van der Waals surface area contributed by atoms with Gasteiger partial charge >= 0.3 is 6.36 Å². The molecule has 8 heteroatoms. The van der Waals surface area contributed by atoms with Gasteiger partial charge in [0.05, 0.1) is 12.5 Å². The van der Waals surface area contributed by atoms with Gasteiger partial charge in [-0.05, 0) is 17.7 Å². The van der Waals surface area contributed by atoms with E-state index < -0.39 is 6.36 Å². The SMILES string of the molecule is N#CCCNc1ncc(-c2ccc(OC(F)(F)F)cc2)cn1. The summed E-state index contributed by atoms with van der Waals surface area (Å²) < 4.78 is 40.0. The normalized spacial score (nSPS) is 10.8. The minimum atomic E-state index is -4.71. The predicted molar refractivity (Wildman–Crippen MR) is 72.9 cm³/mol. The fraction of sp³-hybridized carbons (Fsp3) is 0.214. The first-order chi connectivity index (χ1) is 10.5. The molecule has 0 spiro atoms. The van der Waals surface area contributed by atoms with Crippen molar-refractivity contribution in [1.29, 1.82) is 5.26 Å². The van der Waals surface area contributed by atoms with E-state index >= 15 is 0 Å². The molecule has 1 aromatic heterocycles. The summed E-state index contributed by atoms with van der Waals surface area (Å²) in [7, 11) is 0. The summed E-state index contributed by atoms with van der Waals surface area (Å²) in [6.45, 7) is 0.444. The van der Waals surface area contributed by atoms with Gasteiger partial charge in [-0.15, -0.1) is 13.2 Å². The molecular weight excluding hydrogens is 297 g/mol. The zero-order valence-corrected chi connectivity index (χ0v) is 11.3. The number of alkyl halides is 3. The largest absolute Gasteiger partial charge is 0.573 e. The van der Waals surface area contributed by atoms with E-state index in [-0.39, 0.29) is 5.75 Å². The van der Waals surface area contributed by atoms with Crippen LogP contribution < -0.4 is 10.1 Å². The molecule has 2 rings (SSSR count). The predicted octanol–water partition coefficient (Wildman–Crippen LogP) is 3.37. The average Bonchev–Trinajstić information content (AvgIpc) is 2.48. The molecule has 0 aliphatic heterocycles. The number of aromatic nitrogens is 2. The topological polar surface area (TPSA) is 70.8 Å². The number of benzene rings is 1. The van der Waals surface area contributed by atoms with Gasteiger partial charge in [0, 0.05) is 24.5 Å². The highest BCUT2D eigenvalue weighted by atomic mass is 19.4. The molecule has 0 aliphatic carbocycles. The van der Waals surface area contributed by atoms with Crippen molar-refractivity contribution in [2.24, 2.45) is 0 Å². The van der Waals surface area contributed by atoms with Crippen LogP contribution in [0.5, 0.6) is 5.75 Å². The van der Waals surface area contributed by atoms with E-state index in [2.05, 4.69) is 20.0 Å². The van der Waals surface area contributed by atoms with Crippen LogP contribution in [0.25, 0.3) is 11.1 Å². The summed E-state index contributed by atoms with van der Waals surface area (Å²) >= 11 is 0. The van der Waals surface area contributed by atoms with Gasteiger partial charge < -0.3 is 10.1 Å². The second-order valence-electron chi connectivity index (χ2n) is 4.20. The Morgan fingerprint density at radius 3 is 2.27 bits per heavy atom. The number of nitrogens with one attached hydrogen (secondary N) is 1. The van der Waals surface area contributed by atoms with Crippen LogP contribution in [-0.4, -0.2) is 22.9 Å². The lowest BCUT2D eigenvalue weighted by Crippen LogP contribution is -2.16. The van der Waals surface area contributed by atoms with Crippen molar-refractivity contribution in [3.8, 4) is 22.9 Å². The molecule has 0 amide bonds. The maximum absolute atomic E-state index is 12.1. The number of hydrogen-bond acceptors (Lipinski definition) is 5. The molecule has 2 aromatic rings. The second-order valence-corrected chi connectivity index (χ2v) is 4.20. The van der Waals surface area contributed by atoms with Crippen molar-refractivity contribution in [3.63, 3.8) is 0 Å². The Labute approximate surface area is 124 Å². The highest BCUT2D eigenvalue weighted by Crippen LogP contribution is 2.26. The van der Waals surface area contributed by atoms with Crippen LogP contribution in [0.2, 0.25) is 0 Å². The minimum absolute atomic E-state index is 0.285. The highest BCUT2D eigenvalue weighted by molar-refractivity contribution is 5.62. The van der Waals surface area contributed by atoms with Crippen LogP contribution in [0.4, 0.5) is 19.1 Å². The van der Waals surface area contributed by atoms with Crippen LogP contribution in [0, 0.1) is 11.3 Å². The number of hydrogen-bond donors (Lipinski definition) is 1. The number of rotatable bonds is 5. The Bertz CT molecular complexity index is 648. The summed E-state index contributed by atoms with van der Waals surface area (Å²) in [6.07, 6.45) is -1.28. The van der Waals surface area contributed by atoms with Crippen molar-refractivity contribution >= 4 is 5.95 Å². The Kier molecular flexibility index (Phi) is 4.78. The van der Waals surface area contributed by atoms with E-state index in [0.29, 0.717) is 30.0 Å². The van der Waals surface area contributed by atoms with E-state index in [0.717, 1.165) is 0 Å². The molecule has 1 N–H and O–H groups in total. The zero-order valence-electron chi connectivity index (χ0n) is 11.3. The third-order valence-electron chi connectivity index (χ3n) is 2.59. The molecule has 114 valence electrons. The molecule has 0 saturated heterocycles. The molecule has 0 unspecified atom stereocenters. The number of anilines is 1. The van der Waals surface area contributed by atoms with Crippen molar-refractivity contribution < 1.29 is 17.9 Å². The maximum atomic E-state index is 12.1. The van der Waals surface area contributed by atoms with Crippen LogP contribution >= 0.6 is 0 Å². The van der Waals surface area contributed by atoms with Gasteiger partial charge in [-0.3, -0.25) is 0 Å². The van der Waals surface area contributed by atoms with Gasteiger partial charge in [0.1, 0.15) is 5.75 Å². The molecule has 0 saturated carbocycles. The molecule has 0 radical (unpaired) electrons. The molecule has 5 nitrogen and oxygen atoms in total. The summed E-state index contributed by atoms with van der Waals surface area (Å²) in [6, 6.07) is 7.41. The Hall–Kier alpha value is -2.82. The van der Waals surface area contributed by atoms with Crippen molar-refractivity contribution in [1.82, 2.24) is 9.97 Å². The fourth-order valence-electron chi connectivity index (χ4n) is 1.65. The number of ether oxygens (including phenoxy) is 1. The molecule has 1 aromatic carbocycles. The quantitative estimate of drug-likeness (QED) is 0.858. The number of nitriles is 1. The van der Waals surface area contributed by atoms with E-state index in [9.17, 15) is 13.2 Å². The minimum Gasteiger partial charge on any atom is -0.406 e. The average molecular weight is 308 g/mol. The standard InChI is InChI=1S/C14H11F3N4O/c15-14(16,17)22-12-4-2-10(3-5-12)11-8-20-13(21-9-11)19-7-1-6-18/h2-5,8-9H,1,7H2,(H,19,20,21). The van der Waals surface area contributed by atoms with E-state index in [1.165, 1.54) is 24.3 Å². The van der Waals surface area contributed by atoms with Crippen LogP contribution in [-0.2, 0) is 0 Å². The van der Waals surface area contributed by atoms with Gasteiger partial charge in [-0.1, -0.05) is 12.1 Å². The van der Waals surface area contributed by atoms with Crippen molar-refractivity contribution in [2.45, 2.75) is 12.8 Å². The van der Waals surface area contributed by atoms with Gasteiger partial charge in [0.25, 0.3) is 0 Å². The molecular formula is C14H11F3N4O. The number of nitrogens with zero attached hydrogens (tertiary/aromatic N) is 3. The fourth-order valence-corrected chi connectivity index (χ4v) is 1.65. The highest BCUT2D eigenvalue weighted by Gasteiger charge is 2.30. The van der Waals surface area contributed by atoms with Gasteiger partial charge in [-0.2, -0.15) is 5.26 Å². The molecule has 0 atom stereocenters. The van der Waals surface area contributed by atoms with Crippen LogP contribution in [0.15, 0.2) is 36.7 Å². The summed E-state index contributed by atoms with van der Waals surface area (Å²) in [5, 5.41) is 11.3. The first kappa shape index (κ1) is 15.6. The first-order valence-corrected chi connectivity index (χ1v) is 6.27. The van der Waals surface area contributed by atoms with E-state index in [4.69, 9.17) is 5.26 Å². The van der Waals surface area contributed by atoms with E-state index in [1.54, 1.807) is 12.4 Å².